The van der Waals surface area contributed by atoms with Gasteiger partial charge in [-0.1, -0.05) is 20.8 Å². The number of hydrogen-bond donors (Lipinski definition) is 1. The maximum absolute atomic E-state index is 10.8. The number of nitro groups is 1. The van der Waals surface area contributed by atoms with Crippen molar-refractivity contribution in [2.75, 3.05) is 11.9 Å². The van der Waals surface area contributed by atoms with Crippen LogP contribution in [0.15, 0.2) is 10.7 Å². The van der Waals surface area contributed by atoms with Gasteiger partial charge in [0.2, 0.25) is 0 Å². The van der Waals surface area contributed by atoms with E-state index in [0.717, 1.165) is 13.0 Å². The van der Waals surface area contributed by atoms with E-state index < -0.39 is 4.92 Å². The Morgan fingerprint density at radius 1 is 1.56 bits per heavy atom. The van der Waals surface area contributed by atoms with Crippen LogP contribution in [-0.2, 0) is 0 Å². The lowest BCUT2D eigenvalue weighted by atomic mass is 9.90. The van der Waals surface area contributed by atoms with E-state index >= 15 is 0 Å². The number of halogens is 1. The number of aromatic nitrogens is 1. The summed E-state index contributed by atoms with van der Waals surface area (Å²) in [5.41, 5.74) is 0.783. The summed E-state index contributed by atoms with van der Waals surface area (Å²) in [4.78, 5) is 14.4. The average Bonchev–Trinajstić information content (AvgIpc) is 2.30. The predicted octanol–water partition coefficient (Wildman–Crippen LogP) is 3.91. The summed E-state index contributed by atoms with van der Waals surface area (Å²) in [7, 11) is 0. The van der Waals surface area contributed by atoms with E-state index in [1.165, 1.54) is 6.20 Å². The zero-order chi connectivity index (χ0) is 13.9. The van der Waals surface area contributed by atoms with Crippen LogP contribution in [0.1, 0.15) is 32.8 Å². The van der Waals surface area contributed by atoms with Gasteiger partial charge in [-0.2, -0.15) is 0 Å². The number of nitrogens with zero attached hydrogens (tertiary/aromatic N) is 2. The van der Waals surface area contributed by atoms with Gasteiger partial charge in [0.25, 0.3) is 5.69 Å². The van der Waals surface area contributed by atoms with Gasteiger partial charge in [-0.25, -0.2) is 4.98 Å². The Hall–Kier alpha value is -1.17. The topological polar surface area (TPSA) is 68.1 Å². The minimum Gasteiger partial charge on any atom is -0.369 e. The van der Waals surface area contributed by atoms with Crippen LogP contribution in [0, 0.1) is 22.5 Å². The van der Waals surface area contributed by atoms with Crippen molar-refractivity contribution >= 4 is 27.4 Å². The molecule has 1 rings (SSSR count). The normalized spacial score (nSPS) is 11.4. The molecule has 0 saturated carbocycles. The molecule has 0 atom stereocenters. The van der Waals surface area contributed by atoms with Crippen LogP contribution in [0.2, 0.25) is 0 Å². The Balaban J connectivity index is 2.93. The van der Waals surface area contributed by atoms with E-state index in [2.05, 4.69) is 47.0 Å². The molecule has 18 heavy (non-hydrogen) atoms. The third-order valence-corrected chi connectivity index (χ3v) is 4.10. The summed E-state index contributed by atoms with van der Waals surface area (Å²) in [6, 6.07) is 0. The van der Waals surface area contributed by atoms with Crippen LogP contribution in [0.5, 0.6) is 0 Å². The molecule has 1 heterocycles. The first-order valence-corrected chi connectivity index (χ1v) is 6.61. The van der Waals surface area contributed by atoms with Crippen molar-refractivity contribution in [1.29, 1.82) is 0 Å². The van der Waals surface area contributed by atoms with E-state index in [1.807, 2.05) is 0 Å². The number of pyridine rings is 1. The largest absolute Gasteiger partial charge is 0.369 e. The minimum absolute atomic E-state index is 0.0298. The van der Waals surface area contributed by atoms with Crippen LogP contribution in [0.25, 0.3) is 0 Å². The molecule has 6 heteroatoms. The summed E-state index contributed by atoms with van der Waals surface area (Å²) < 4.78 is 0.656. The van der Waals surface area contributed by atoms with E-state index in [4.69, 9.17) is 0 Å². The first-order chi connectivity index (χ1) is 8.28. The summed E-state index contributed by atoms with van der Waals surface area (Å²) in [5.74, 6) is 0.652. The molecule has 0 aliphatic rings. The van der Waals surface area contributed by atoms with Crippen LogP contribution in [-0.4, -0.2) is 16.5 Å². The monoisotopic (exact) mass is 315 g/mol. The highest BCUT2D eigenvalue weighted by Crippen LogP contribution is 2.31. The molecule has 100 valence electrons. The molecular weight excluding hydrogens is 298 g/mol. The molecule has 0 aliphatic carbocycles. The molecule has 0 unspecified atom stereocenters. The van der Waals surface area contributed by atoms with Crippen molar-refractivity contribution in [1.82, 2.24) is 4.98 Å². The fraction of sp³-hybridized carbons (Fsp3) is 0.583. The zero-order valence-corrected chi connectivity index (χ0v) is 12.7. The Labute approximate surface area is 115 Å². The molecule has 0 saturated heterocycles. The molecule has 0 aliphatic heterocycles. The van der Waals surface area contributed by atoms with Gasteiger partial charge in [0, 0.05) is 12.1 Å². The average molecular weight is 316 g/mol. The second kappa shape index (κ2) is 5.65. The Bertz CT molecular complexity index is 461. The molecule has 0 radical (unpaired) electrons. The van der Waals surface area contributed by atoms with Gasteiger partial charge in [0.15, 0.2) is 0 Å². The van der Waals surface area contributed by atoms with Crippen LogP contribution in [0.4, 0.5) is 11.5 Å². The first kappa shape index (κ1) is 14.9. The first-order valence-electron chi connectivity index (χ1n) is 5.82. The third-order valence-electron chi connectivity index (χ3n) is 3.13. The Morgan fingerprint density at radius 3 is 2.67 bits per heavy atom. The Morgan fingerprint density at radius 2 is 2.17 bits per heavy atom. The smallest absolute Gasteiger partial charge is 0.291 e. The molecule has 1 N–H and O–H groups in total. The predicted molar refractivity (Wildman–Crippen MR) is 75.9 cm³/mol. The third kappa shape index (κ3) is 3.41. The quantitative estimate of drug-likeness (QED) is 0.660. The molecule has 0 fully saturated rings. The maximum atomic E-state index is 10.8. The van der Waals surface area contributed by atoms with Gasteiger partial charge in [0.1, 0.15) is 12.0 Å². The van der Waals surface area contributed by atoms with Gasteiger partial charge in [-0.15, -0.1) is 0 Å². The summed E-state index contributed by atoms with van der Waals surface area (Å²) in [6.45, 7) is 8.93. The van der Waals surface area contributed by atoms with Crippen LogP contribution >= 0.6 is 15.9 Å². The molecular formula is C12H18BrN3O2. The fourth-order valence-electron chi connectivity index (χ4n) is 1.32. The van der Waals surface area contributed by atoms with E-state index in [1.54, 1.807) is 6.92 Å². The lowest BCUT2D eigenvalue weighted by Gasteiger charge is -2.23. The van der Waals surface area contributed by atoms with Crippen molar-refractivity contribution in [3.05, 3.63) is 26.3 Å². The molecule has 0 spiro atoms. The van der Waals surface area contributed by atoms with Gasteiger partial charge in [-0.3, -0.25) is 10.1 Å². The standard InChI is InChI=1S/C12H18BrN3O2/c1-5-12(3,4)7-15-11-10(13)8(2)9(6-14-11)16(17)18/h6H,5,7H2,1-4H3,(H,14,15). The van der Waals surface area contributed by atoms with Crippen molar-refractivity contribution in [2.45, 2.75) is 34.1 Å². The number of rotatable bonds is 5. The van der Waals surface area contributed by atoms with Crippen molar-refractivity contribution in [3.63, 3.8) is 0 Å². The van der Waals surface area contributed by atoms with Gasteiger partial charge >= 0.3 is 0 Å². The SMILES string of the molecule is CCC(C)(C)CNc1ncc([N+](=O)[O-])c(C)c1Br. The second-order valence-electron chi connectivity index (χ2n) is 5.06. The molecule has 0 bridgehead atoms. The highest BCUT2D eigenvalue weighted by atomic mass is 79.9. The summed E-state index contributed by atoms with van der Waals surface area (Å²) in [5, 5.41) is 14.0. The lowest BCUT2D eigenvalue weighted by Crippen LogP contribution is -2.22. The number of nitrogens with one attached hydrogen (secondary N) is 1. The van der Waals surface area contributed by atoms with E-state index in [0.29, 0.717) is 15.9 Å². The van der Waals surface area contributed by atoms with E-state index in [-0.39, 0.29) is 11.1 Å². The summed E-state index contributed by atoms with van der Waals surface area (Å²) in [6.07, 6.45) is 2.34. The zero-order valence-electron chi connectivity index (χ0n) is 11.1. The fourth-order valence-corrected chi connectivity index (χ4v) is 1.77. The molecule has 5 nitrogen and oxygen atoms in total. The van der Waals surface area contributed by atoms with Gasteiger partial charge in [0.05, 0.1) is 9.40 Å². The van der Waals surface area contributed by atoms with Crippen LogP contribution in [0.3, 0.4) is 0 Å². The summed E-state index contributed by atoms with van der Waals surface area (Å²) >= 11 is 3.36. The number of hydrogen-bond acceptors (Lipinski definition) is 4. The highest BCUT2D eigenvalue weighted by Gasteiger charge is 2.19. The second-order valence-corrected chi connectivity index (χ2v) is 5.85. The van der Waals surface area contributed by atoms with E-state index in [9.17, 15) is 10.1 Å². The van der Waals surface area contributed by atoms with Gasteiger partial charge in [-0.05, 0) is 34.7 Å². The van der Waals surface area contributed by atoms with Crippen LogP contribution < -0.4 is 5.32 Å². The molecule has 0 aromatic carbocycles. The number of anilines is 1. The van der Waals surface area contributed by atoms with Crippen molar-refractivity contribution in [3.8, 4) is 0 Å². The minimum atomic E-state index is -0.424. The molecule has 1 aromatic heterocycles. The molecule has 0 amide bonds. The maximum Gasteiger partial charge on any atom is 0.291 e. The lowest BCUT2D eigenvalue weighted by molar-refractivity contribution is -0.385. The highest BCUT2D eigenvalue weighted by molar-refractivity contribution is 9.10. The van der Waals surface area contributed by atoms with Crippen molar-refractivity contribution < 1.29 is 4.92 Å². The Kier molecular flexibility index (Phi) is 4.67. The molecule has 1 aromatic rings. The van der Waals surface area contributed by atoms with Gasteiger partial charge < -0.3 is 5.32 Å². The van der Waals surface area contributed by atoms with Crippen molar-refractivity contribution in [2.24, 2.45) is 5.41 Å².